The zero-order valence-electron chi connectivity index (χ0n) is 24.0. The number of aliphatic carboxylic acids is 1. The molecule has 2 aromatic carbocycles. The van der Waals surface area contributed by atoms with Gasteiger partial charge in [0.1, 0.15) is 11.6 Å². The minimum Gasteiger partial charge on any atom is -0.481 e. The summed E-state index contributed by atoms with van der Waals surface area (Å²) in [6.45, 7) is 8.43. The number of ether oxygens (including phenoxy) is 2. The molecule has 1 fully saturated rings. The molecule has 1 saturated carbocycles. The van der Waals surface area contributed by atoms with Crippen LogP contribution in [-0.2, 0) is 11.3 Å². The second kappa shape index (κ2) is 12.3. The van der Waals surface area contributed by atoms with E-state index in [9.17, 15) is 19.1 Å². The lowest BCUT2D eigenvalue weighted by atomic mass is 9.81. The Kier molecular flexibility index (Phi) is 9.07. The topological polar surface area (TPSA) is 89.0 Å². The first-order chi connectivity index (χ1) is 19.5. The van der Waals surface area contributed by atoms with Crippen molar-refractivity contribution in [3.05, 3.63) is 77.2 Å². The molecule has 0 bridgehead atoms. The monoisotopic (exact) mass is 566 g/mol. The van der Waals surface area contributed by atoms with Gasteiger partial charge >= 0.3 is 11.9 Å². The Hall–Kier alpha value is -3.85. The van der Waals surface area contributed by atoms with Crippen molar-refractivity contribution in [1.82, 2.24) is 9.88 Å². The quantitative estimate of drug-likeness (QED) is 0.194. The van der Waals surface area contributed by atoms with Gasteiger partial charge < -0.3 is 14.6 Å². The first kappa shape index (κ1) is 30.1. The van der Waals surface area contributed by atoms with Crippen molar-refractivity contribution < 1.29 is 33.0 Å². The van der Waals surface area contributed by atoms with Crippen molar-refractivity contribution in [2.75, 3.05) is 13.7 Å². The van der Waals surface area contributed by atoms with Gasteiger partial charge in [-0.1, -0.05) is 25.1 Å². The zero-order chi connectivity index (χ0) is 29.9. The Balaban J connectivity index is 1.67. The molecule has 1 aromatic heterocycles. The van der Waals surface area contributed by atoms with Crippen molar-refractivity contribution in [3.8, 4) is 22.8 Å². The van der Waals surface area contributed by atoms with Crippen molar-refractivity contribution >= 4 is 11.9 Å². The highest BCUT2D eigenvalue weighted by Crippen LogP contribution is 2.50. The number of rotatable bonds is 12. The summed E-state index contributed by atoms with van der Waals surface area (Å²) in [6, 6.07) is 13.1. The molecule has 0 unspecified atom stereocenters. The third-order valence-corrected chi connectivity index (χ3v) is 7.70. The van der Waals surface area contributed by atoms with Gasteiger partial charge in [0.2, 0.25) is 11.5 Å². The number of nitrogens with zero attached hydrogens (tertiary/aromatic N) is 2. The molecule has 2 atom stereocenters. The van der Waals surface area contributed by atoms with Gasteiger partial charge in [-0.2, -0.15) is 0 Å². The summed E-state index contributed by atoms with van der Waals surface area (Å²) in [4.78, 5) is 31.1. The molecule has 1 N–H and O–H groups in total. The van der Waals surface area contributed by atoms with Crippen LogP contribution < -0.4 is 9.47 Å². The van der Waals surface area contributed by atoms with E-state index in [2.05, 4.69) is 23.7 Å². The number of hydrogen-bond donors (Lipinski definition) is 1. The number of carboxylic acid groups (broad SMARTS) is 1. The standard InChI is InChI=1S/C32H36F2N2O5/c1-6-36(19(2)3)18-23-14-22(12-13-25(23)26-16-28(40-5)35-17-27(26)33)30(37)41-24-9-7-8-21(15-24)29(20-10-11-20)32(4,34)31(38)39/h7-9,12-17,19-20,29H,6,10-11,18H2,1-5H3,(H,38,39)/t29-,32+/m0/s1. The highest BCUT2D eigenvalue weighted by molar-refractivity contribution is 5.92. The Morgan fingerprint density at radius 2 is 1.88 bits per heavy atom. The number of hydrogen-bond acceptors (Lipinski definition) is 6. The maximum atomic E-state index is 15.3. The number of carbonyl (C=O) groups is 2. The minimum atomic E-state index is -2.46. The molecular weight excluding hydrogens is 530 g/mol. The number of carbonyl (C=O) groups excluding carboxylic acids is 1. The van der Waals surface area contributed by atoms with Gasteiger partial charge in [-0.05, 0) is 87.0 Å². The van der Waals surface area contributed by atoms with Crippen LogP contribution in [-0.4, -0.2) is 52.3 Å². The number of halogens is 2. The van der Waals surface area contributed by atoms with E-state index in [-0.39, 0.29) is 29.2 Å². The lowest BCUT2D eigenvalue weighted by molar-refractivity contribution is -0.151. The summed E-state index contributed by atoms with van der Waals surface area (Å²) >= 11 is 0. The summed E-state index contributed by atoms with van der Waals surface area (Å²) in [5.41, 5.74) is -0.101. The van der Waals surface area contributed by atoms with Gasteiger partial charge in [0, 0.05) is 30.1 Å². The molecule has 1 heterocycles. The Bertz CT molecular complexity index is 1420. The van der Waals surface area contributed by atoms with Gasteiger partial charge in [-0.25, -0.2) is 23.4 Å². The number of aromatic nitrogens is 1. The normalized spacial score (nSPS) is 15.4. The maximum absolute atomic E-state index is 15.3. The van der Waals surface area contributed by atoms with Crippen molar-refractivity contribution in [2.45, 2.75) is 64.7 Å². The van der Waals surface area contributed by atoms with Crippen molar-refractivity contribution in [1.29, 1.82) is 0 Å². The third-order valence-electron chi connectivity index (χ3n) is 7.70. The van der Waals surface area contributed by atoms with E-state index in [1.807, 2.05) is 6.92 Å². The summed E-state index contributed by atoms with van der Waals surface area (Å²) in [6.07, 6.45) is 2.59. The zero-order valence-corrected chi connectivity index (χ0v) is 24.0. The van der Waals surface area contributed by atoms with E-state index in [4.69, 9.17) is 9.47 Å². The van der Waals surface area contributed by atoms with Gasteiger partial charge in [-0.3, -0.25) is 4.90 Å². The molecule has 0 radical (unpaired) electrons. The van der Waals surface area contributed by atoms with Gasteiger partial charge in [-0.15, -0.1) is 0 Å². The number of benzene rings is 2. The number of esters is 1. The summed E-state index contributed by atoms with van der Waals surface area (Å²) in [5.74, 6) is -3.16. The first-order valence-corrected chi connectivity index (χ1v) is 13.8. The SMILES string of the molecule is CCN(Cc1cc(C(=O)Oc2cccc([C@H](C3CC3)[C@@](C)(F)C(=O)O)c2)ccc1-c1cc(OC)ncc1F)C(C)C. The first-order valence-electron chi connectivity index (χ1n) is 13.8. The van der Waals surface area contributed by atoms with Crippen LogP contribution in [0.1, 0.15) is 67.9 Å². The fourth-order valence-electron chi connectivity index (χ4n) is 5.26. The van der Waals surface area contributed by atoms with Crippen LogP contribution in [0, 0.1) is 11.7 Å². The van der Waals surface area contributed by atoms with Crippen LogP contribution in [0.3, 0.4) is 0 Å². The molecule has 7 nitrogen and oxygen atoms in total. The summed E-state index contributed by atoms with van der Waals surface area (Å²) in [7, 11) is 1.46. The fourth-order valence-corrected chi connectivity index (χ4v) is 5.26. The molecule has 41 heavy (non-hydrogen) atoms. The number of carboxylic acids is 1. The molecule has 3 aromatic rings. The fraction of sp³-hybridized carbons (Fsp3) is 0.406. The Labute approximate surface area is 239 Å². The van der Waals surface area contributed by atoms with Crippen LogP contribution in [0.2, 0.25) is 0 Å². The maximum Gasteiger partial charge on any atom is 0.343 e. The van der Waals surface area contributed by atoms with Crippen LogP contribution in [0.25, 0.3) is 11.1 Å². The average Bonchev–Trinajstić information content (AvgIpc) is 3.77. The smallest absolute Gasteiger partial charge is 0.343 e. The summed E-state index contributed by atoms with van der Waals surface area (Å²) in [5, 5.41) is 9.51. The number of alkyl halides is 1. The van der Waals surface area contributed by atoms with Gasteiger partial charge in [0.05, 0.1) is 18.9 Å². The number of pyridine rings is 1. The second-order valence-electron chi connectivity index (χ2n) is 10.9. The lowest BCUT2D eigenvalue weighted by Crippen LogP contribution is -2.38. The Morgan fingerprint density at radius 1 is 1.15 bits per heavy atom. The van der Waals surface area contributed by atoms with Gasteiger partial charge in [0.15, 0.2) is 0 Å². The van der Waals surface area contributed by atoms with E-state index < -0.39 is 29.3 Å². The predicted molar refractivity (Wildman–Crippen MR) is 151 cm³/mol. The highest BCUT2D eigenvalue weighted by atomic mass is 19.1. The molecule has 218 valence electrons. The lowest BCUT2D eigenvalue weighted by Gasteiger charge is -2.27. The largest absolute Gasteiger partial charge is 0.481 e. The molecule has 0 aliphatic heterocycles. The minimum absolute atomic E-state index is 0.0863. The van der Waals surface area contributed by atoms with Crippen molar-refractivity contribution in [2.24, 2.45) is 5.92 Å². The van der Waals surface area contributed by atoms with Crippen molar-refractivity contribution in [3.63, 3.8) is 0 Å². The average molecular weight is 567 g/mol. The van der Waals surface area contributed by atoms with Crippen LogP contribution in [0.4, 0.5) is 8.78 Å². The molecule has 4 rings (SSSR count). The summed E-state index contributed by atoms with van der Waals surface area (Å²) < 4.78 is 41.0. The molecule has 9 heteroatoms. The van der Waals surface area contributed by atoms with Crippen LogP contribution in [0.5, 0.6) is 11.6 Å². The van der Waals surface area contributed by atoms with E-state index >= 15 is 4.39 Å². The number of methoxy groups -OCH3 is 1. The Morgan fingerprint density at radius 3 is 2.49 bits per heavy atom. The molecule has 0 spiro atoms. The molecule has 0 amide bonds. The second-order valence-corrected chi connectivity index (χ2v) is 10.9. The van der Waals surface area contributed by atoms with E-state index in [1.165, 1.54) is 19.2 Å². The molecule has 1 aliphatic carbocycles. The van der Waals surface area contributed by atoms with E-state index in [1.54, 1.807) is 36.4 Å². The third kappa shape index (κ3) is 6.73. The molecule has 1 aliphatic rings. The van der Waals surface area contributed by atoms with E-state index in [0.717, 1.165) is 38.1 Å². The van der Waals surface area contributed by atoms with Gasteiger partial charge in [0.25, 0.3) is 0 Å². The predicted octanol–water partition coefficient (Wildman–Crippen LogP) is 6.65. The highest BCUT2D eigenvalue weighted by Gasteiger charge is 2.50. The molecular formula is C32H36F2N2O5. The van der Waals surface area contributed by atoms with Crippen LogP contribution >= 0.6 is 0 Å². The molecule has 0 saturated heterocycles. The van der Waals surface area contributed by atoms with E-state index in [0.29, 0.717) is 23.2 Å². The van der Waals surface area contributed by atoms with Crippen LogP contribution in [0.15, 0.2) is 54.7 Å².